The van der Waals surface area contributed by atoms with Crippen molar-refractivity contribution in [1.29, 1.82) is 0 Å². The monoisotopic (exact) mass is 498 g/mol. The average molecular weight is 499 g/mol. The molecule has 3 aromatic rings. The summed E-state index contributed by atoms with van der Waals surface area (Å²) in [6, 6.07) is 12.0. The lowest BCUT2D eigenvalue weighted by Gasteiger charge is -2.13. The van der Waals surface area contributed by atoms with Crippen LogP contribution in [0.2, 0.25) is 0 Å². The highest BCUT2D eigenvalue weighted by atomic mass is 32.2. The van der Waals surface area contributed by atoms with Crippen LogP contribution in [0.4, 0.5) is 10.7 Å². The average Bonchev–Trinajstić information content (AvgIpc) is 3.00. The smallest absolute Gasteiger partial charge is 0.262 e. The molecule has 1 aromatic heterocycles. The molecule has 4 rings (SSSR count). The molecule has 8 nitrogen and oxygen atoms in total. The molecule has 0 spiro atoms. The number of aryl methyl sites for hydroxylation is 1. The van der Waals surface area contributed by atoms with Gasteiger partial charge in [-0.05, 0) is 67.0 Å². The molecule has 1 aliphatic carbocycles. The van der Waals surface area contributed by atoms with E-state index in [2.05, 4.69) is 9.71 Å². The number of amides is 1. The number of benzene rings is 2. The van der Waals surface area contributed by atoms with Gasteiger partial charge in [-0.2, -0.15) is 0 Å². The lowest BCUT2D eigenvalue weighted by molar-refractivity contribution is -0.212. The lowest BCUT2D eigenvalue weighted by atomic mass is 10.1. The van der Waals surface area contributed by atoms with Crippen molar-refractivity contribution in [2.75, 3.05) is 11.8 Å². The van der Waals surface area contributed by atoms with E-state index in [-0.39, 0.29) is 10.5 Å². The lowest BCUT2D eigenvalue weighted by Crippen LogP contribution is -2.19. The van der Waals surface area contributed by atoms with Gasteiger partial charge in [-0.3, -0.25) is 14.5 Å². The fourth-order valence-electron chi connectivity index (χ4n) is 3.88. The molecule has 0 saturated carbocycles. The molecule has 3 N–H and O–H groups in total. The number of anilines is 1. The quantitative estimate of drug-likeness (QED) is 0.293. The van der Waals surface area contributed by atoms with E-state index >= 15 is 0 Å². The van der Waals surface area contributed by atoms with E-state index in [4.69, 9.17) is 10.5 Å². The number of hydrogen-bond donors (Lipinski definition) is 2. The van der Waals surface area contributed by atoms with Gasteiger partial charge in [0.15, 0.2) is 0 Å². The van der Waals surface area contributed by atoms with E-state index < -0.39 is 21.8 Å². The second kappa shape index (κ2) is 9.86. The largest absolute Gasteiger partial charge is 0.858 e. The van der Waals surface area contributed by atoms with E-state index in [0.717, 1.165) is 42.5 Å². The summed E-state index contributed by atoms with van der Waals surface area (Å²) in [5, 5.41) is 13.1. The molecule has 0 radical (unpaired) electrons. The van der Waals surface area contributed by atoms with Gasteiger partial charge in [0.2, 0.25) is 0 Å². The highest BCUT2D eigenvalue weighted by Gasteiger charge is 2.23. The third-order valence-electron chi connectivity index (χ3n) is 5.59. The number of nitrogens with one attached hydrogen (secondary N) is 1. The van der Waals surface area contributed by atoms with Crippen LogP contribution < -0.4 is 20.3 Å². The number of hydrogen-bond acceptors (Lipinski definition) is 7. The number of carbonyl (C=O) groups is 1. The Morgan fingerprint density at radius 1 is 1.12 bits per heavy atom. The molecule has 178 valence electrons. The van der Waals surface area contributed by atoms with Gasteiger partial charge in [0.1, 0.15) is 10.8 Å². The summed E-state index contributed by atoms with van der Waals surface area (Å²) in [6.07, 6.45) is 4.72. The molecule has 1 amide bonds. The minimum atomic E-state index is -3.84. The Balaban J connectivity index is 1.57. The van der Waals surface area contributed by atoms with Gasteiger partial charge in [0.05, 0.1) is 17.6 Å². The zero-order valence-corrected chi connectivity index (χ0v) is 20.2. The number of sulfonamides is 1. The molecule has 0 saturated heterocycles. The van der Waals surface area contributed by atoms with Crippen LogP contribution >= 0.6 is 11.3 Å². The first-order chi connectivity index (χ1) is 16.3. The van der Waals surface area contributed by atoms with E-state index in [1.807, 2.05) is 0 Å². The summed E-state index contributed by atoms with van der Waals surface area (Å²) in [7, 11) is -2.38. The van der Waals surface area contributed by atoms with Gasteiger partial charge >= 0.3 is 0 Å². The van der Waals surface area contributed by atoms with Crippen molar-refractivity contribution in [1.82, 2.24) is 0 Å². The minimum absolute atomic E-state index is 0.0541. The van der Waals surface area contributed by atoms with Crippen molar-refractivity contribution in [2.45, 2.75) is 37.0 Å². The standard InChI is InChI=1S/C24H25N3O5S2/c1-32-17-6-5-7-18(14-17)34(30,31)27-16-12-10-15(11-13-16)23(29)26-24-21(22(25)28)19-8-3-2-4-9-20(19)33-24/h5-7,10-14,27H,2-4,8-9H2,1H3,(H2,25,28)(H,26,29)/p-1. The first kappa shape index (κ1) is 23.8. The second-order valence-corrected chi connectivity index (χ2v) is 10.7. The Bertz CT molecular complexity index is 1350. The second-order valence-electron chi connectivity index (χ2n) is 7.89. The molecule has 10 heteroatoms. The van der Waals surface area contributed by atoms with Crippen LogP contribution in [0.15, 0.2) is 58.4 Å². The molecule has 0 bridgehead atoms. The number of rotatable bonds is 7. The number of thiophene rings is 1. The Morgan fingerprint density at radius 2 is 1.85 bits per heavy atom. The van der Waals surface area contributed by atoms with Gasteiger partial charge in [-0.25, -0.2) is 8.42 Å². The fourth-order valence-corrected chi connectivity index (χ4v) is 6.24. The fraction of sp³-hybridized carbons (Fsp3) is 0.250. The first-order valence-electron chi connectivity index (χ1n) is 10.8. The third kappa shape index (κ3) is 5.07. The predicted octanol–water partition coefficient (Wildman–Crippen LogP) is 3.36. The Kier molecular flexibility index (Phi) is 6.90. The summed E-state index contributed by atoms with van der Waals surface area (Å²) < 4.78 is 32.9. The van der Waals surface area contributed by atoms with Gasteiger partial charge in [-0.15, -0.1) is 11.3 Å². The van der Waals surface area contributed by atoms with Crippen molar-refractivity contribution in [3.8, 4) is 5.75 Å². The van der Waals surface area contributed by atoms with Crippen LogP contribution in [-0.4, -0.2) is 27.3 Å². The highest BCUT2D eigenvalue weighted by Crippen LogP contribution is 2.39. The van der Waals surface area contributed by atoms with Crippen molar-refractivity contribution >= 4 is 43.9 Å². The third-order valence-corrected chi connectivity index (χ3v) is 8.15. The number of aliphatic imine (C=N–C) groups is 1. The van der Waals surface area contributed by atoms with Crippen molar-refractivity contribution < 1.29 is 23.1 Å². The van der Waals surface area contributed by atoms with Crippen LogP contribution in [-0.2, 0) is 22.9 Å². The van der Waals surface area contributed by atoms with Gasteiger partial charge in [0.25, 0.3) is 15.9 Å². The normalized spacial score (nSPS) is 14.2. The molecule has 1 heterocycles. The van der Waals surface area contributed by atoms with Crippen LogP contribution in [0.5, 0.6) is 5.75 Å². The number of nitrogens with zero attached hydrogens (tertiary/aromatic N) is 1. The van der Waals surface area contributed by atoms with E-state index in [1.54, 1.807) is 12.1 Å². The Labute approximate surface area is 202 Å². The molecule has 0 fully saturated rings. The Hall–Kier alpha value is -3.37. The molecule has 0 aliphatic heterocycles. The van der Waals surface area contributed by atoms with Crippen molar-refractivity contribution in [3.05, 3.63) is 70.1 Å². The molecular weight excluding hydrogens is 474 g/mol. The van der Waals surface area contributed by atoms with Crippen molar-refractivity contribution in [2.24, 2.45) is 10.7 Å². The van der Waals surface area contributed by atoms with Gasteiger partial charge in [0, 0.05) is 16.6 Å². The number of fused-ring (bicyclic) bond motifs is 1. The van der Waals surface area contributed by atoms with Crippen LogP contribution in [0, 0.1) is 0 Å². The molecule has 0 atom stereocenters. The minimum Gasteiger partial charge on any atom is -0.858 e. The highest BCUT2D eigenvalue weighted by molar-refractivity contribution is 7.92. The summed E-state index contributed by atoms with van der Waals surface area (Å²) in [6.45, 7) is 0. The Morgan fingerprint density at radius 3 is 2.56 bits per heavy atom. The number of primary amides is 1. The molecule has 2 aromatic carbocycles. The maximum absolute atomic E-state index is 12.8. The molecule has 1 aliphatic rings. The number of ether oxygens (including phenoxy) is 1. The molecule has 34 heavy (non-hydrogen) atoms. The van der Waals surface area contributed by atoms with Gasteiger partial charge in [-0.1, -0.05) is 24.6 Å². The summed E-state index contributed by atoms with van der Waals surface area (Å²) >= 11 is 1.35. The predicted molar refractivity (Wildman–Crippen MR) is 131 cm³/mol. The number of carbonyl (C=O) groups excluding carboxylic acids is 1. The van der Waals surface area contributed by atoms with E-state index in [0.29, 0.717) is 22.0 Å². The topological polar surface area (TPSA) is 134 Å². The maximum Gasteiger partial charge on any atom is 0.262 e. The zero-order valence-electron chi connectivity index (χ0n) is 18.5. The van der Waals surface area contributed by atoms with Crippen molar-refractivity contribution in [3.63, 3.8) is 0 Å². The zero-order chi connectivity index (χ0) is 24.3. The summed E-state index contributed by atoms with van der Waals surface area (Å²) in [5.74, 6) is -0.680. The van der Waals surface area contributed by atoms with Crippen LogP contribution in [0.25, 0.3) is 0 Å². The number of methoxy groups -OCH3 is 1. The number of nitrogens with two attached hydrogens (primary N) is 1. The van der Waals surface area contributed by atoms with Crippen LogP contribution in [0.3, 0.4) is 0 Å². The molecule has 0 unspecified atom stereocenters. The summed E-state index contributed by atoms with van der Waals surface area (Å²) in [4.78, 5) is 17.4. The van der Waals surface area contributed by atoms with E-state index in [1.165, 1.54) is 54.8 Å². The SMILES string of the molecule is COc1cccc(S(=O)(=O)Nc2ccc(C([O-])=Nc3sc4c(c3C(N)=O)CCCCC4)cc2)c1. The van der Waals surface area contributed by atoms with E-state index in [9.17, 15) is 18.3 Å². The van der Waals surface area contributed by atoms with Crippen LogP contribution in [0.1, 0.15) is 45.6 Å². The van der Waals surface area contributed by atoms with Gasteiger partial charge < -0.3 is 15.6 Å². The summed E-state index contributed by atoms with van der Waals surface area (Å²) in [5.41, 5.74) is 7.44. The maximum atomic E-state index is 12.8. The first-order valence-corrected chi connectivity index (χ1v) is 13.1. The molecular formula is C24H24N3O5S2-.